The first kappa shape index (κ1) is 20.8. The number of amides is 1. The lowest BCUT2D eigenvalue weighted by Crippen LogP contribution is -2.57. The lowest BCUT2D eigenvalue weighted by atomic mass is 9.78. The molecule has 1 amide bonds. The van der Waals surface area contributed by atoms with Gasteiger partial charge in [-0.05, 0) is 81.5 Å². The molecule has 28 heavy (non-hydrogen) atoms. The average molecular weight is 441 g/mol. The Balaban J connectivity index is 1.48. The number of carbonyl (C=O) groups excluding carboxylic acids is 1. The average Bonchev–Trinajstić information content (AvgIpc) is 3.37. The normalized spacial score (nSPS) is 30.8. The van der Waals surface area contributed by atoms with Crippen LogP contribution in [0.25, 0.3) is 0 Å². The van der Waals surface area contributed by atoms with E-state index in [9.17, 15) is 4.79 Å². The van der Waals surface area contributed by atoms with Gasteiger partial charge in [0.2, 0.25) is 5.91 Å². The smallest absolute Gasteiger partial charge is 0.227 e. The third-order valence-electron chi connectivity index (χ3n) is 6.95. The molecule has 1 aromatic carbocycles. The van der Waals surface area contributed by atoms with Crippen molar-refractivity contribution in [3.05, 3.63) is 33.8 Å². The van der Waals surface area contributed by atoms with Crippen molar-refractivity contribution < 1.29 is 4.79 Å². The topological polar surface area (TPSA) is 23.6 Å². The van der Waals surface area contributed by atoms with E-state index < -0.39 is 0 Å². The summed E-state index contributed by atoms with van der Waals surface area (Å²) in [6, 6.07) is 6.33. The van der Waals surface area contributed by atoms with Crippen molar-refractivity contribution in [1.82, 2.24) is 9.80 Å². The van der Waals surface area contributed by atoms with Gasteiger partial charge in [0.15, 0.2) is 0 Å². The summed E-state index contributed by atoms with van der Waals surface area (Å²) in [6.45, 7) is 2.38. The predicted molar refractivity (Wildman–Crippen MR) is 120 cm³/mol. The summed E-state index contributed by atoms with van der Waals surface area (Å²) in [5.74, 6) is 1.49. The molecule has 3 atom stereocenters. The maximum Gasteiger partial charge on any atom is 0.227 e. The Morgan fingerprint density at radius 3 is 2.68 bits per heavy atom. The molecule has 2 aliphatic heterocycles. The Morgan fingerprint density at radius 2 is 2.00 bits per heavy atom. The molecule has 1 aromatic rings. The van der Waals surface area contributed by atoms with Crippen molar-refractivity contribution in [3.63, 3.8) is 0 Å². The Hall–Kier alpha value is -0.420. The fourth-order valence-electron chi connectivity index (χ4n) is 5.37. The molecule has 3 nitrogen and oxygen atoms in total. The minimum atomic E-state index is 0.183. The number of halogens is 2. The number of likely N-dealkylation sites (N-methyl/N-ethyl adjacent to an activating group) is 1. The molecule has 3 fully saturated rings. The van der Waals surface area contributed by atoms with Gasteiger partial charge < -0.3 is 4.90 Å². The maximum absolute atomic E-state index is 13.1. The van der Waals surface area contributed by atoms with Crippen LogP contribution in [0.15, 0.2) is 18.2 Å². The summed E-state index contributed by atoms with van der Waals surface area (Å²) in [7, 11) is 2.01. The zero-order valence-corrected chi connectivity index (χ0v) is 19.0. The van der Waals surface area contributed by atoms with Gasteiger partial charge in [-0.2, -0.15) is 11.8 Å². The first-order valence-corrected chi connectivity index (χ1v) is 12.3. The fraction of sp³-hybridized carbons (Fsp3) is 0.682. The Morgan fingerprint density at radius 1 is 1.21 bits per heavy atom. The van der Waals surface area contributed by atoms with Gasteiger partial charge in [0.25, 0.3) is 0 Å². The molecule has 1 saturated carbocycles. The number of nitrogens with zero attached hydrogens (tertiary/aromatic N) is 2. The standard InChI is InChI=1S/C22H30Cl2N2OS/c1-25(21(27)14-16-5-6-17(23)18(24)13-16)19-7-9-22(8-4-12-28-22)15-20(19)26-10-2-3-11-26/h5-6,13,19-20H,2-4,7-12,14-15H2,1H3. The van der Waals surface area contributed by atoms with Gasteiger partial charge in [-0.15, -0.1) is 0 Å². The van der Waals surface area contributed by atoms with Crippen molar-refractivity contribution in [2.45, 2.75) is 68.2 Å². The summed E-state index contributed by atoms with van der Waals surface area (Å²) >= 11 is 14.4. The van der Waals surface area contributed by atoms with E-state index in [0.29, 0.717) is 33.3 Å². The highest BCUT2D eigenvalue weighted by atomic mass is 35.5. The summed E-state index contributed by atoms with van der Waals surface area (Å²) in [5.41, 5.74) is 0.933. The predicted octanol–water partition coefficient (Wildman–Crippen LogP) is 5.28. The molecule has 2 saturated heterocycles. The summed E-state index contributed by atoms with van der Waals surface area (Å²) in [4.78, 5) is 17.8. The lowest BCUT2D eigenvalue weighted by Gasteiger charge is -2.48. The van der Waals surface area contributed by atoms with Crippen LogP contribution in [0.1, 0.15) is 50.5 Å². The molecule has 3 aliphatic rings. The van der Waals surface area contributed by atoms with Crippen molar-refractivity contribution in [2.75, 3.05) is 25.9 Å². The third kappa shape index (κ3) is 4.35. The first-order chi connectivity index (χ1) is 13.5. The molecule has 6 heteroatoms. The third-order valence-corrected chi connectivity index (χ3v) is 9.37. The summed E-state index contributed by atoms with van der Waals surface area (Å²) in [6.07, 6.45) is 9.30. The van der Waals surface area contributed by atoms with E-state index in [4.69, 9.17) is 23.2 Å². The second kappa shape index (κ2) is 8.75. The van der Waals surface area contributed by atoms with E-state index in [2.05, 4.69) is 16.7 Å². The van der Waals surface area contributed by atoms with Crippen LogP contribution in [0.4, 0.5) is 0 Å². The zero-order valence-electron chi connectivity index (χ0n) is 16.6. The second-order valence-electron chi connectivity index (χ2n) is 8.69. The van der Waals surface area contributed by atoms with Gasteiger partial charge in [0, 0.05) is 23.9 Å². The van der Waals surface area contributed by atoms with E-state index >= 15 is 0 Å². The van der Waals surface area contributed by atoms with Gasteiger partial charge >= 0.3 is 0 Å². The van der Waals surface area contributed by atoms with E-state index in [-0.39, 0.29) is 5.91 Å². The van der Waals surface area contributed by atoms with E-state index in [1.807, 2.05) is 24.1 Å². The second-order valence-corrected chi connectivity index (χ2v) is 11.1. The number of thioether (sulfide) groups is 1. The van der Waals surface area contributed by atoms with Crippen molar-refractivity contribution in [2.24, 2.45) is 0 Å². The van der Waals surface area contributed by atoms with Crippen LogP contribution < -0.4 is 0 Å². The van der Waals surface area contributed by atoms with Gasteiger partial charge in [0.1, 0.15) is 0 Å². The maximum atomic E-state index is 13.1. The number of benzene rings is 1. The number of hydrogen-bond acceptors (Lipinski definition) is 3. The molecular weight excluding hydrogens is 411 g/mol. The van der Waals surface area contributed by atoms with Crippen LogP contribution in [-0.4, -0.2) is 58.4 Å². The van der Waals surface area contributed by atoms with Gasteiger partial charge in [-0.25, -0.2) is 0 Å². The molecule has 3 unspecified atom stereocenters. The largest absolute Gasteiger partial charge is 0.341 e. The van der Waals surface area contributed by atoms with Gasteiger partial charge in [0.05, 0.1) is 16.5 Å². The summed E-state index contributed by atoms with van der Waals surface area (Å²) < 4.78 is 0.470. The Labute approximate surface area is 183 Å². The van der Waals surface area contributed by atoms with Crippen LogP contribution in [-0.2, 0) is 11.2 Å². The van der Waals surface area contributed by atoms with Crippen molar-refractivity contribution in [1.29, 1.82) is 0 Å². The minimum absolute atomic E-state index is 0.183. The van der Waals surface area contributed by atoms with Gasteiger partial charge in [-0.3, -0.25) is 9.69 Å². The molecule has 0 N–H and O–H groups in total. The Kier molecular flexibility index (Phi) is 6.51. The monoisotopic (exact) mass is 440 g/mol. The minimum Gasteiger partial charge on any atom is -0.341 e. The highest BCUT2D eigenvalue weighted by Crippen LogP contribution is 2.50. The lowest BCUT2D eigenvalue weighted by molar-refractivity contribution is -0.133. The highest BCUT2D eigenvalue weighted by Gasteiger charge is 2.47. The van der Waals surface area contributed by atoms with Crippen LogP contribution in [0.2, 0.25) is 10.0 Å². The van der Waals surface area contributed by atoms with Crippen LogP contribution in [0.5, 0.6) is 0 Å². The van der Waals surface area contributed by atoms with Gasteiger partial charge in [-0.1, -0.05) is 29.3 Å². The number of carbonyl (C=O) groups is 1. The van der Waals surface area contributed by atoms with E-state index in [0.717, 1.165) is 12.0 Å². The van der Waals surface area contributed by atoms with E-state index in [1.165, 1.54) is 57.4 Å². The molecule has 0 radical (unpaired) electrons. The van der Waals surface area contributed by atoms with E-state index in [1.54, 1.807) is 6.07 Å². The number of hydrogen-bond donors (Lipinski definition) is 0. The highest BCUT2D eigenvalue weighted by molar-refractivity contribution is 8.00. The molecule has 1 aliphatic carbocycles. The molecule has 1 spiro atoms. The van der Waals surface area contributed by atoms with Crippen LogP contribution in [0, 0.1) is 0 Å². The molecule has 4 rings (SSSR count). The zero-order chi connectivity index (χ0) is 19.7. The SMILES string of the molecule is CN(C(=O)Cc1ccc(Cl)c(Cl)c1)C1CCC2(CCCS2)CC1N1CCCC1. The van der Waals surface area contributed by atoms with Crippen molar-refractivity contribution in [3.8, 4) is 0 Å². The molecular formula is C22H30Cl2N2OS. The Bertz CT molecular complexity index is 716. The van der Waals surface area contributed by atoms with Crippen LogP contribution >= 0.6 is 35.0 Å². The van der Waals surface area contributed by atoms with Crippen molar-refractivity contribution >= 4 is 40.9 Å². The first-order valence-electron chi connectivity index (χ1n) is 10.6. The molecule has 0 bridgehead atoms. The van der Waals surface area contributed by atoms with Crippen LogP contribution in [0.3, 0.4) is 0 Å². The molecule has 0 aromatic heterocycles. The molecule has 154 valence electrons. The summed E-state index contributed by atoms with van der Waals surface area (Å²) in [5, 5.41) is 1.05. The fourth-order valence-corrected chi connectivity index (χ4v) is 7.25. The number of rotatable bonds is 4. The quantitative estimate of drug-likeness (QED) is 0.636. The molecule has 2 heterocycles. The number of likely N-dealkylation sites (tertiary alicyclic amines) is 1.